The van der Waals surface area contributed by atoms with Crippen LogP contribution >= 0.6 is 0 Å². The van der Waals surface area contributed by atoms with Crippen molar-refractivity contribution in [2.75, 3.05) is 26.4 Å². The SMILES string of the molecule is OCCO[SiH2]O[SiH2]O[SiH2]OCCO. The van der Waals surface area contributed by atoms with Crippen LogP contribution in [0.4, 0.5) is 0 Å². The Bertz CT molecular complexity index is 85.9. The van der Waals surface area contributed by atoms with Crippen LogP contribution in [0.1, 0.15) is 0 Å². The summed E-state index contributed by atoms with van der Waals surface area (Å²) in [7, 11) is -2.82. The Morgan fingerprint density at radius 2 is 1.23 bits per heavy atom. The molecule has 0 heterocycles. The lowest BCUT2D eigenvalue weighted by Crippen LogP contribution is -2.17. The number of aliphatic hydroxyl groups excluding tert-OH is 2. The molecule has 0 aliphatic rings. The van der Waals surface area contributed by atoms with Crippen molar-refractivity contribution >= 4 is 30.0 Å². The Morgan fingerprint density at radius 1 is 0.769 bits per heavy atom. The average Bonchev–Trinajstić information content (AvgIpc) is 2.16. The van der Waals surface area contributed by atoms with E-state index in [1.807, 2.05) is 0 Å². The van der Waals surface area contributed by atoms with Crippen LogP contribution in [0.5, 0.6) is 0 Å². The molecule has 0 rings (SSSR count). The first-order chi connectivity index (χ1) is 6.41. The van der Waals surface area contributed by atoms with Crippen LogP contribution in [0.2, 0.25) is 0 Å². The van der Waals surface area contributed by atoms with Crippen molar-refractivity contribution < 1.29 is 27.3 Å². The Hall–Kier alpha value is 0.411. The molecular formula is C4H16O6Si3. The van der Waals surface area contributed by atoms with Crippen LogP contribution in [0, 0.1) is 0 Å². The van der Waals surface area contributed by atoms with Crippen molar-refractivity contribution in [1.82, 2.24) is 0 Å². The molecule has 80 valence electrons. The van der Waals surface area contributed by atoms with Crippen LogP contribution in [-0.2, 0) is 17.1 Å². The van der Waals surface area contributed by atoms with E-state index >= 15 is 0 Å². The van der Waals surface area contributed by atoms with E-state index in [2.05, 4.69) is 0 Å². The first-order valence-corrected chi connectivity index (χ1v) is 7.41. The Morgan fingerprint density at radius 3 is 1.62 bits per heavy atom. The highest BCUT2D eigenvalue weighted by Gasteiger charge is 1.92. The molecule has 0 unspecified atom stereocenters. The summed E-state index contributed by atoms with van der Waals surface area (Å²) in [5, 5.41) is 16.7. The molecule has 2 N–H and O–H groups in total. The quantitative estimate of drug-likeness (QED) is 0.302. The lowest BCUT2D eigenvalue weighted by atomic mass is 10.8. The van der Waals surface area contributed by atoms with E-state index in [9.17, 15) is 0 Å². The first-order valence-electron chi connectivity index (χ1n) is 3.94. The van der Waals surface area contributed by atoms with Gasteiger partial charge in [-0.05, 0) is 0 Å². The molecule has 0 aromatic heterocycles. The summed E-state index contributed by atoms with van der Waals surface area (Å²) in [5.74, 6) is 0. The van der Waals surface area contributed by atoms with Crippen LogP contribution in [-0.4, -0.2) is 66.7 Å². The predicted molar refractivity (Wildman–Crippen MR) is 53.9 cm³/mol. The van der Waals surface area contributed by atoms with Gasteiger partial charge in [-0.15, -0.1) is 0 Å². The Balaban J connectivity index is 2.76. The molecule has 0 fully saturated rings. The number of hydrogen-bond acceptors (Lipinski definition) is 6. The van der Waals surface area contributed by atoms with Crippen molar-refractivity contribution in [3.05, 3.63) is 0 Å². The van der Waals surface area contributed by atoms with Gasteiger partial charge >= 0.3 is 0 Å². The highest BCUT2D eigenvalue weighted by atomic mass is 28.4. The number of rotatable bonds is 10. The Labute approximate surface area is 84.3 Å². The molecule has 0 aliphatic carbocycles. The molecule has 0 amide bonds. The van der Waals surface area contributed by atoms with E-state index in [1.165, 1.54) is 0 Å². The minimum Gasteiger partial charge on any atom is -0.424 e. The standard InChI is InChI=1S/C4H16O6Si3/c5-1-3-7-11-9-13-10-12-8-4-2-6/h5-6H,1-4,11-13H2. The molecule has 0 bridgehead atoms. The maximum Gasteiger partial charge on any atom is 0.295 e. The third-order valence-corrected chi connectivity index (χ3v) is 4.55. The Kier molecular flexibility index (Phi) is 12.8. The van der Waals surface area contributed by atoms with Gasteiger partial charge in [-0.1, -0.05) is 0 Å². The van der Waals surface area contributed by atoms with Gasteiger partial charge in [-0.2, -0.15) is 0 Å². The van der Waals surface area contributed by atoms with Gasteiger partial charge in [0, 0.05) is 0 Å². The molecule has 0 spiro atoms. The molecule has 0 saturated heterocycles. The van der Waals surface area contributed by atoms with Gasteiger partial charge in [0.1, 0.15) is 0 Å². The van der Waals surface area contributed by atoms with Gasteiger partial charge in [-0.25, -0.2) is 0 Å². The minimum absolute atomic E-state index is 0.0349. The lowest BCUT2D eigenvalue weighted by molar-refractivity contribution is 0.184. The van der Waals surface area contributed by atoms with Crippen LogP contribution in [0.25, 0.3) is 0 Å². The molecular weight excluding hydrogens is 228 g/mol. The van der Waals surface area contributed by atoms with E-state index < -0.39 is 30.0 Å². The fourth-order valence-corrected chi connectivity index (χ4v) is 4.00. The summed E-state index contributed by atoms with van der Waals surface area (Å²) >= 11 is 0. The van der Waals surface area contributed by atoms with Gasteiger partial charge in [0.2, 0.25) is 0 Å². The van der Waals surface area contributed by atoms with Crippen molar-refractivity contribution in [2.45, 2.75) is 0 Å². The van der Waals surface area contributed by atoms with Gasteiger partial charge < -0.3 is 27.3 Å². The topological polar surface area (TPSA) is 77.4 Å². The second kappa shape index (κ2) is 12.4. The van der Waals surface area contributed by atoms with Gasteiger partial charge in [-0.3, -0.25) is 0 Å². The molecule has 0 saturated carbocycles. The summed E-state index contributed by atoms with van der Waals surface area (Å²) in [6.45, 7) is 0.762. The van der Waals surface area contributed by atoms with E-state index in [-0.39, 0.29) is 13.2 Å². The largest absolute Gasteiger partial charge is 0.424 e. The first kappa shape index (κ1) is 13.4. The van der Waals surface area contributed by atoms with Gasteiger partial charge in [0.15, 0.2) is 0 Å². The minimum atomic E-state index is -0.945. The average molecular weight is 244 g/mol. The summed E-state index contributed by atoms with van der Waals surface area (Å²) < 4.78 is 20.2. The molecule has 0 radical (unpaired) electrons. The highest BCUT2D eigenvalue weighted by molar-refractivity contribution is 6.40. The molecule has 0 atom stereocenters. The predicted octanol–water partition coefficient (Wildman–Crippen LogP) is -3.97. The van der Waals surface area contributed by atoms with Crippen molar-refractivity contribution in [1.29, 1.82) is 0 Å². The van der Waals surface area contributed by atoms with Crippen molar-refractivity contribution in [3.63, 3.8) is 0 Å². The third-order valence-electron chi connectivity index (χ3n) is 0.971. The van der Waals surface area contributed by atoms with Crippen molar-refractivity contribution in [3.8, 4) is 0 Å². The zero-order valence-corrected chi connectivity index (χ0v) is 11.7. The zero-order valence-electron chi connectivity index (χ0n) is 7.48. The molecule has 0 aromatic carbocycles. The lowest BCUT2D eigenvalue weighted by Gasteiger charge is -2.05. The van der Waals surface area contributed by atoms with E-state index in [0.717, 1.165) is 0 Å². The fourth-order valence-electron chi connectivity index (χ4n) is 0.492. The summed E-state index contributed by atoms with van der Waals surface area (Å²) in [6.07, 6.45) is 0. The monoisotopic (exact) mass is 244 g/mol. The molecule has 0 aromatic rings. The van der Waals surface area contributed by atoms with E-state index in [4.69, 9.17) is 27.3 Å². The highest BCUT2D eigenvalue weighted by Crippen LogP contribution is 1.75. The maximum atomic E-state index is 8.35. The van der Waals surface area contributed by atoms with Crippen LogP contribution < -0.4 is 0 Å². The molecule has 13 heavy (non-hydrogen) atoms. The van der Waals surface area contributed by atoms with Gasteiger partial charge in [0.05, 0.1) is 26.4 Å². The molecule has 0 aliphatic heterocycles. The second-order valence-corrected chi connectivity index (χ2v) is 6.82. The van der Waals surface area contributed by atoms with Gasteiger partial charge in [0.25, 0.3) is 30.0 Å². The summed E-state index contributed by atoms with van der Waals surface area (Å²) in [5.41, 5.74) is 0. The smallest absolute Gasteiger partial charge is 0.295 e. The van der Waals surface area contributed by atoms with Crippen LogP contribution in [0.3, 0.4) is 0 Å². The second-order valence-electron chi connectivity index (χ2n) is 2.03. The maximum absolute atomic E-state index is 8.35. The zero-order chi connectivity index (χ0) is 9.78. The molecule has 9 heteroatoms. The van der Waals surface area contributed by atoms with Crippen molar-refractivity contribution in [2.24, 2.45) is 0 Å². The van der Waals surface area contributed by atoms with E-state index in [0.29, 0.717) is 13.2 Å². The number of hydrogen-bond donors (Lipinski definition) is 2. The molecule has 6 nitrogen and oxygen atoms in total. The normalized spacial score (nSPS) is 13.4. The number of aliphatic hydroxyl groups is 2. The van der Waals surface area contributed by atoms with Crippen LogP contribution in [0.15, 0.2) is 0 Å². The third kappa shape index (κ3) is 12.4. The summed E-state index contributed by atoms with van der Waals surface area (Å²) in [6, 6.07) is 0. The fraction of sp³-hybridized carbons (Fsp3) is 1.00. The summed E-state index contributed by atoms with van der Waals surface area (Å²) in [4.78, 5) is 0. The van der Waals surface area contributed by atoms with E-state index in [1.54, 1.807) is 0 Å².